The van der Waals surface area contributed by atoms with E-state index < -0.39 is 8.80 Å². The largest absolute Gasteiger partial charge is 0.558 e. The Balaban J connectivity index is 2.92. The molecule has 0 bridgehead atoms. The lowest BCUT2D eigenvalue weighted by Gasteiger charge is -2.35. The highest BCUT2D eigenvalue weighted by Gasteiger charge is 2.46. The van der Waals surface area contributed by atoms with Crippen LogP contribution in [0.25, 0.3) is 0 Å². The Labute approximate surface area is 105 Å². The van der Waals surface area contributed by atoms with E-state index >= 15 is 0 Å². The van der Waals surface area contributed by atoms with E-state index in [2.05, 4.69) is 26.2 Å². The van der Waals surface area contributed by atoms with Crippen molar-refractivity contribution in [2.24, 2.45) is 0 Å². The van der Waals surface area contributed by atoms with Gasteiger partial charge in [-0.05, 0) is 12.1 Å². The molecule has 0 aliphatic carbocycles. The zero-order valence-electron chi connectivity index (χ0n) is 11.3. The highest BCUT2D eigenvalue weighted by molar-refractivity contribution is 6.61. The third-order valence-electron chi connectivity index (χ3n) is 2.98. The number of rotatable bonds is 6. The maximum Gasteiger partial charge on any atom is 0.558 e. The normalized spacial score (nSPS) is 12.8. The summed E-state index contributed by atoms with van der Waals surface area (Å²) in [6, 6.07) is 10.3. The number of benzene rings is 1. The minimum atomic E-state index is -2.56. The molecule has 4 nitrogen and oxygen atoms in total. The van der Waals surface area contributed by atoms with Gasteiger partial charge in [-0.2, -0.15) is 0 Å². The van der Waals surface area contributed by atoms with Crippen LogP contribution in [-0.2, 0) is 13.3 Å². The van der Waals surface area contributed by atoms with E-state index in [4.69, 9.17) is 13.3 Å². The van der Waals surface area contributed by atoms with Crippen LogP contribution in [0, 0.1) is 0 Å². The van der Waals surface area contributed by atoms with E-state index in [0.29, 0.717) is 10.7 Å². The molecule has 17 heavy (non-hydrogen) atoms. The minimum Gasteiger partial charge on any atom is -0.374 e. The molecule has 0 saturated heterocycles. The summed E-state index contributed by atoms with van der Waals surface area (Å²) >= 11 is 0. The average Bonchev–Trinajstić information content (AvgIpc) is 2.37. The summed E-state index contributed by atoms with van der Waals surface area (Å²) in [6.45, 7) is 0. The van der Waals surface area contributed by atoms with Gasteiger partial charge in [0.25, 0.3) is 0 Å². The highest BCUT2D eigenvalue weighted by atomic mass is 28.4. The molecule has 1 aromatic carbocycles. The van der Waals surface area contributed by atoms with Crippen LogP contribution in [0.4, 0.5) is 5.69 Å². The topological polar surface area (TPSA) is 27.7 Å². The number of para-hydroxylation sites is 1. The van der Waals surface area contributed by atoms with Crippen molar-refractivity contribution in [3.8, 4) is 0 Å². The Kier molecular flexibility index (Phi) is 4.85. The van der Waals surface area contributed by atoms with Gasteiger partial charge in [-0.1, -0.05) is 18.2 Å². The summed E-state index contributed by atoms with van der Waals surface area (Å²) in [5, 5.41) is 0. The third kappa shape index (κ3) is 3.37. The van der Waals surface area contributed by atoms with E-state index in [9.17, 15) is 0 Å². The SMILES string of the molecule is CO[Si](C[N+](C)(C)c1ccccc1)(OC)OC. The van der Waals surface area contributed by atoms with Gasteiger partial charge in [-0.25, -0.2) is 0 Å². The van der Waals surface area contributed by atoms with Gasteiger partial charge in [-0.3, -0.25) is 4.48 Å². The zero-order valence-corrected chi connectivity index (χ0v) is 12.3. The number of hydrogen-bond donors (Lipinski definition) is 0. The molecular formula is C12H22NO3Si+. The fourth-order valence-corrected chi connectivity index (χ4v) is 3.89. The third-order valence-corrected chi connectivity index (χ3v) is 6.02. The number of hydrogen-bond acceptors (Lipinski definition) is 3. The van der Waals surface area contributed by atoms with Crippen LogP contribution < -0.4 is 4.48 Å². The molecule has 96 valence electrons. The van der Waals surface area contributed by atoms with Crippen molar-refractivity contribution in [1.29, 1.82) is 0 Å². The highest BCUT2D eigenvalue weighted by Crippen LogP contribution is 2.21. The number of quaternary nitrogens is 1. The molecule has 5 heteroatoms. The number of nitrogens with zero attached hydrogens (tertiary/aromatic N) is 1. The van der Waals surface area contributed by atoms with Crippen LogP contribution >= 0.6 is 0 Å². The summed E-state index contributed by atoms with van der Waals surface area (Å²) in [6.07, 6.45) is 0.695. The first-order valence-corrected chi connectivity index (χ1v) is 7.47. The van der Waals surface area contributed by atoms with Crippen molar-refractivity contribution in [2.45, 2.75) is 0 Å². The van der Waals surface area contributed by atoms with Crippen molar-refractivity contribution in [3.05, 3.63) is 30.3 Å². The van der Waals surface area contributed by atoms with Crippen molar-refractivity contribution in [1.82, 2.24) is 4.48 Å². The van der Waals surface area contributed by atoms with Gasteiger partial charge >= 0.3 is 8.80 Å². The van der Waals surface area contributed by atoms with Crippen LogP contribution in [0.1, 0.15) is 0 Å². The van der Waals surface area contributed by atoms with E-state index in [-0.39, 0.29) is 0 Å². The van der Waals surface area contributed by atoms with E-state index in [0.717, 1.165) is 0 Å². The van der Waals surface area contributed by atoms with Gasteiger partial charge in [0.05, 0.1) is 14.1 Å². The van der Waals surface area contributed by atoms with Crippen molar-refractivity contribution >= 4 is 14.5 Å². The molecule has 0 aliphatic rings. The molecule has 0 heterocycles. The predicted molar refractivity (Wildman–Crippen MR) is 71.7 cm³/mol. The van der Waals surface area contributed by atoms with Gasteiger partial charge in [0.2, 0.25) is 0 Å². The van der Waals surface area contributed by atoms with Gasteiger partial charge in [0, 0.05) is 21.3 Å². The summed E-state index contributed by atoms with van der Waals surface area (Å²) in [7, 11) is 6.60. The lowest BCUT2D eigenvalue weighted by molar-refractivity contribution is 0.111. The molecule has 1 rings (SSSR count). The molecule has 1 aromatic rings. The summed E-state index contributed by atoms with van der Waals surface area (Å²) in [5.74, 6) is 0. The van der Waals surface area contributed by atoms with Gasteiger partial charge < -0.3 is 13.3 Å². The van der Waals surface area contributed by atoms with Crippen LogP contribution in [0.15, 0.2) is 30.3 Å². The zero-order chi connectivity index (χ0) is 12.9. The summed E-state index contributed by atoms with van der Waals surface area (Å²) in [5.41, 5.74) is 1.20. The summed E-state index contributed by atoms with van der Waals surface area (Å²) < 4.78 is 17.1. The Morgan fingerprint density at radius 1 is 0.941 bits per heavy atom. The Bertz CT molecular complexity index is 331. The standard InChI is InChI=1S/C12H22NO3Si/c1-13(2,12-9-7-6-8-10-12)11-17(14-3,15-4)16-5/h6-10H,11H2,1-5H3/q+1. The van der Waals surface area contributed by atoms with Gasteiger partial charge in [0.1, 0.15) is 5.69 Å². The van der Waals surface area contributed by atoms with Gasteiger partial charge in [-0.15, -0.1) is 0 Å². The molecule has 0 unspecified atom stereocenters. The second kappa shape index (κ2) is 5.75. The van der Waals surface area contributed by atoms with Crippen LogP contribution in [0.5, 0.6) is 0 Å². The predicted octanol–water partition coefficient (Wildman–Crippen LogP) is 1.67. The second-order valence-corrected chi connectivity index (χ2v) is 7.38. The monoisotopic (exact) mass is 256 g/mol. The summed E-state index contributed by atoms with van der Waals surface area (Å²) in [4.78, 5) is 0. The van der Waals surface area contributed by atoms with Gasteiger partial charge in [0.15, 0.2) is 6.17 Å². The molecule has 0 saturated carbocycles. The molecule has 0 aromatic heterocycles. The molecule has 0 aliphatic heterocycles. The minimum absolute atomic E-state index is 0.669. The van der Waals surface area contributed by atoms with Crippen molar-refractivity contribution in [2.75, 3.05) is 41.6 Å². The Hall–Kier alpha value is -0.723. The Morgan fingerprint density at radius 3 is 1.82 bits per heavy atom. The lowest BCUT2D eigenvalue weighted by atomic mass is 10.3. The van der Waals surface area contributed by atoms with Crippen LogP contribution in [-0.4, -0.2) is 50.4 Å². The van der Waals surface area contributed by atoms with Crippen LogP contribution in [0.2, 0.25) is 0 Å². The van der Waals surface area contributed by atoms with Crippen LogP contribution in [0.3, 0.4) is 0 Å². The maximum absolute atomic E-state index is 5.47. The first-order chi connectivity index (χ1) is 7.99. The lowest BCUT2D eigenvalue weighted by Crippen LogP contribution is -2.59. The first-order valence-electron chi connectivity index (χ1n) is 5.54. The molecule has 0 spiro atoms. The fraction of sp³-hybridized carbons (Fsp3) is 0.500. The molecular weight excluding hydrogens is 234 g/mol. The van der Waals surface area contributed by atoms with E-state index in [1.54, 1.807) is 21.3 Å². The molecule has 0 fully saturated rings. The fourth-order valence-electron chi connectivity index (χ4n) is 1.85. The Morgan fingerprint density at radius 2 is 1.41 bits per heavy atom. The smallest absolute Gasteiger partial charge is 0.374 e. The van der Waals surface area contributed by atoms with Crippen molar-refractivity contribution < 1.29 is 13.3 Å². The average molecular weight is 256 g/mol. The molecule has 0 N–H and O–H groups in total. The maximum atomic E-state index is 5.47. The quantitative estimate of drug-likeness (QED) is 0.572. The molecule has 0 radical (unpaired) electrons. The van der Waals surface area contributed by atoms with E-state index in [1.165, 1.54) is 5.69 Å². The van der Waals surface area contributed by atoms with Crippen molar-refractivity contribution in [3.63, 3.8) is 0 Å². The molecule has 0 atom stereocenters. The van der Waals surface area contributed by atoms with E-state index in [1.807, 2.05) is 18.2 Å². The second-order valence-electron chi connectivity index (χ2n) is 4.47. The molecule has 0 amide bonds. The first kappa shape index (κ1) is 14.3.